The van der Waals surface area contributed by atoms with Crippen LogP contribution in [0.5, 0.6) is 5.75 Å². The maximum absolute atomic E-state index is 12.3. The van der Waals surface area contributed by atoms with Gasteiger partial charge in [-0.3, -0.25) is 9.78 Å². The number of benzene rings is 1. The van der Waals surface area contributed by atoms with Crippen LogP contribution in [0.2, 0.25) is 0 Å². The van der Waals surface area contributed by atoms with Crippen molar-refractivity contribution < 1.29 is 9.53 Å². The van der Waals surface area contributed by atoms with E-state index in [1.54, 1.807) is 42.2 Å². The summed E-state index contributed by atoms with van der Waals surface area (Å²) in [5.74, 6) is 0.581. The molecule has 6 heteroatoms. The number of pyridine rings is 1. The summed E-state index contributed by atoms with van der Waals surface area (Å²) in [5.41, 5.74) is 4.23. The van der Waals surface area contributed by atoms with Gasteiger partial charge in [-0.05, 0) is 42.8 Å². The highest BCUT2D eigenvalue weighted by atomic mass is 32.1. The Morgan fingerprint density at radius 3 is 2.79 bits per heavy atom. The number of hydrogen-bond acceptors (Lipinski definition) is 5. The number of nitrogens with zero attached hydrogens (tertiary/aromatic N) is 2. The SMILES string of the molecule is CC(NC(=O)c1ccc(OCc2cscn2)cc1)c1cccnc1. The molecule has 0 saturated heterocycles. The molecule has 3 rings (SSSR count). The number of rotatable bonds is 6. The maximum Gasteiger partial charge on any atom is 0.251 e. The summed E-state index contributed by atoms with van der Waals surface area (Å²) in [6.07, 6.45) is 3.46. The van der Waals surface area contributed by atoms with Gasteiger partial charge in [0.15, 0.2) is 0 Å². The van der Waals surface area contributed by atoms with Gasteiger partial charge < -0.3 is 10.1 Å². The third-order valence-electron chi connectivity index (χ3n) is 3.52. The van der Waals surface area contributed by atoms with Crippen LogP contribution < -0.4 is 10.1 Å². The van der Waals surface area contributed by atoms with E-state index >= 15 is 0 Å². The maximum atomic E-state index is 12.3. The van der Waals surface area contributed by atoms with Gasteiger partial charge in [-0.15, -0.1) is 11.3 Å². The van der Waals surface area contributed by atoms with Crippen LogP contribution in [-0.4, -0.2) is 15.9 Å². The topological polar surface area (TPSA) is 64.1 Å². The molecular weight excluding hydrogens is 322 g/mol. The molecular formula is C18H17N3O2S. The quantitative estimate of drug-likeness (QED) is 0.745. The zero-order chi connectivity index (χ0) is 16.8. The predicted octanol–water partition coefficient (Wildman–Crippen LogP) is 3.61. The molecule has 1 unspecified atom stereocenters. The van der Waals surface area contributed by atoms with Crippen molar-refractivity contribution in [3.63, 3.8) is 0 Å². The molecule has 24 heavy (non-hydrogen) atoms. The summed E-state index contributed by atoms with van der Waals surface area (Å²) in [7, 11) is 0. The molecule has 0 aliphatic rings. The van der Waals surface area contributed by atoms with Crippen LogP contribution in [0, 0.1) is 0 Å². The highest BCUT2D eigenvalue weighted by Crippen LogP contribution is 2.16. The monoisotopic (exact) mass is 339 g/mol. The molecule has 1 atom stereocenters. The average Bonchev–Trinajstić information content (AvgIpc) is 3.14. The average molecular weight is 339 g/mol. The minimum absolute atomic E-state index is 0.105. The smallest absolute Gasteiger partial charge is 0.251 e. The highest BCUT2D eigenvalue weighted by molar-refractivity contribution is 7.07. The van der Waals surface area contributed by atoms with E-state index in [2.05, 4.69) is 15.3 Å². The van der Waals surface area contributed by atoms with Crippen molar-refractivity contribution in [3.05, 3.63) is 76.5 Å². The molecule has 3 aromatic rings. The molecule has 1 N–H and O–H groups in total. The normalized spacial score (nSPS) is 11.7. The summed E-state index contributed by atoms with van der Waals surface area (Å²) in [6.45, 7) is 2.35. The molecule has 0 spiro atoms. The number of ether oxygens (including phenoxy) is 1. The fourth-order valence-electron chi connectivity index (χ4n) is 2.16. The van der Waals surface area contributed by atoms with Gasteiger partial charge in [0.1, 0.15) is 12.4 Å². The Labute approximate surface area is 144 Å². The Morgan fingerprint density at radius 1 is 1.29 bits per heavy atom. The van der Waals surface area contributed by atoms with Crippen molar-refractivity contribution >= 4 is 17.2 Å². The summed E-state index contributed by atoms with van der Waals surface area (Å²) in [6, 6.07) is 10.8. The summed E-state index contributed by atoms with van der Waals surface area (Å²) >= 11 is 1.54. The van der Waals surface area contributed by atoms with Crippen LogP contribution in [-0.2, 0) is 6.61 Å². The van der Waals surface area contributed by atoms with E-state index in [1.165, 1.54) is 11.3 Å². The number of carbonyl (C=O) groups excluding carboxylic acids is 1. The molecule has 5 nitrogen and oxygen atoms in total. The highest BCUT2D eigenvalue weighted by Gasteiger charge is 2.11. The molecule has 122 valence electrons. The molecule has 1 amide bonds. The van der Waals surface area contributed by atoms with Crippen molar-refractivity contribution in [2.24, 2.45) is 0 Å². The molecule has 0 radical (unpaired) electrons. The van der Waals surface area contributed by atoms with E-state index in [1.807, 2.05) is 24.4 Å². The largest absolute Gasteiger partial charge is 0.487 e. The Hall–Kier alpha value is -2.73. The molecule has 0 bridgehead atoms. The van der Waals surface area contributed by atoms with Crippen LogP contribution in [0.4, 0.5) is 0 Å². The van der Waals surface area contributed by atoms with Gasteiger partial charge in [-0.25, -0.2) is 4.98 Å². The second-order valence-corrected chi connectivity index (χ2v) is 5.99. The second kappa shape index (κ2) is 7.70. The molecule has 1 aromatic carbocycles. The predicted molar refractivity (Wildman–Crippen MR) is 93.0 cm³/mol. The van der Waals surface area contributed by atoms with Crippen LogP contribution in [0.15, 0.2) is 59.7 Å². The fourth-order valence-corrected chi connectivity index (χ4v) is 2.71. The van der Waals surface area contributed by atoms with Crippen LogP contribution in [0.25, 0.3) is 0 Å². The van der Waals surface area contributed by atoms with E-state index in [4.69, 9.17) is 4.74 Å². The van der Waals surface area contributed by atoms with Crippen LogP contribution in [0.3, 0.4) is 0 Å². The zero-order valence-corrected chi connectivity index (χ0v) is 14.0. The lowest BCUT2D eigenvalue weighted by molar-refractivity contribution is 0.0940. The lowest BCUT2D eigenvalue weighted by Gasteiger charge is -2.14. The molecule has 0 aliphatic heterocycles. The molecule has 0 fully saturated rings. The van der Waals surface area contributed by atoms with Crippen LogP contribution >= 0.6 is 11.3 Å². The third kappa shape index (κ3) is 4.17. The van der Waals surface area contributed by atoms with Crippen molar-refractivity contribution in [2.75, 3.05) is 0 Å². The second-order valence-electron chi connectivity index (χ2n) is 5.27. The minimum Gasteiger partial charge on any atom is -0.487 e. The van der Waals surface area contributed by atoms with E-state index in [9.17, 15) is 4.79 Å². The molecule has 2 aromatic heterocycles. The number of hydrogen-bond donors (Lipinski definition) is 1. The Balaban J connectivity index is 1.57. The number of nitrogens with one attached hydrogen (secondary N) is 1. The van der Waals surface area contributed by atoms with Gasteiger partial charge >= 0.3 is 0 Å². The van der Waals surface area contributed by atoms with Crippen molar-refractivity contribution in [3.8, 4) is 5.75 Å². The Morgan fingerprint density at radius 2 is 2.12 bits per heavy atom. The molecule has 2 heterocycles. The summed E-state index contributed by atoms with van der Waals surface area (Å²) < 4.78 is 5.64. The van der Waals surface area contributed by atoms with E-state index in [0.717, 1.165) is 11.3 Å². The van der Waals surface area contributed by atoms with E-state index < -0.39 is 0 Å². The number of aromatic nitrogens is 2. The fraction of sp³-hybridized carbons (Fsp3) is 0.167. The first kappa shape index (κ1) is 16.1. The molecule has 0 saturated carbocycles. The molecule has 0 aliphatic carbocycles. The standard InChI is InChI=1S/C18H17N3O2S/c1-13(15-3-2-8-19-9-15)21-18(22)14-4-6-17(7-5-14)23-10-16-11-24-12-20-16/h2-9,11-13H,10H2,1H3,(H,21,22). The number of amides is 1. The first-order valence-electron chi connectivity index (χ1n) is 7.53. The van der Waals surface area contributed by atoms with E-state index in [0.29, 0.717) is 17.9 Å². The summed E-state index contributed by atoms with van der Waals surface area (Å²) in [5, 5.41) is 4.90. The van der Waals surface area contributed by atoms with Gasteiger partial charge in [-0.1, -0.05) is 6.07 Å². The van der Waals surface area contributed by atoms with Crippen LogP contribution in [0.1, 0.15) is 34.6 Å². The zero-order valence-electron chi connectivity index (χ0n) is 13.2. The van der Waals surface area contributed by atoms with Crippen molar-refractivity contribution in [1.82, 2.24) is 15.3 Å². The first-order chi connectivity index (χ1) is 11.7. The number of carbonyl (C=O) groups is 1. The van der Waals surface area contributed by atoms with E-state index in [-0.39, 0.29) is 11.9 Å². The van der Waals surface area contributed by atoms with Gasteiger partial charge in [0.2, 0.25) is 0 Å². The Kier molecular flexibility index (Phi) is 5.18. The minimum atomic E-state index is -0.127. The number of thiazole rings is 1. The lowest BCUT2D eigenvalue weighted by atomic mass is 10.1. The Bertz CT molecular complexity index is 774. The third-order valence-corrected chi connectivity index (χ3v) is 4.15. The van der Waals surface area contributed by atoms with Gasteiger partial charge in [0, 0.05) is 23.3 Å². The van der Waals surface area contributed by atoms with Gasteiger partial charge in [-0.2, -0.15) is 0 Å². The van der Waals surface area contributed by atoms with Crippen molar-refractivity contribution in [1.29, 1.82) is 0 Å². The van der Waals surface area contributed by atoms with Gasteiger partial charge in [0.25, 0.3) is 5.91 Å². The first-order valence-corrected chi connectivity index (χ1v) is 8.47. The lowest BCUT2D eigenvalue weighted by Crippen LogP contribution is -2.26. The van der Waals surface area contributed by atoms with Crippen molar-refractivity contribution in [2.45, 2.75) is 19.6 Å². The summed E-state index contributed by atoms with van der Waals surface area (Å²) in [4.78, 5) is 20.5. The van der Waals surface area contributed by atoms with Gasteiger partial charge in [0.05, 0.1) is 17.2 Å².